The van der Waals surface area contributed by atoms with Gasteiger partial charge in [0.25, 0.3) is 0 Å². The van der Waals surface area contributed by atoms with Crippen LogP contribution in [-0.4, -0.2) is 0 Å². The fraction of sp³-hybridized carbons (Fsp3) is 0.444. The molecule has 5 heteroatoms. The van der Waals surface area contributed by atoms with Crippen molar-refractivity contribution >= 4 is 22.7 Å². The summed E-state index contributed by atoms with van der Waals surface area (Å²) < 4.78 is 42.5. The van der Waals surface area contributed by atoms with Crippen LogP contribution >= 0.6 is 11.8 Å². The molecule has 0 N–H and O–H groups in total. The standard InChI is InChI=1S/C27H31F3NS/c28-27(29,30)24-15-7-9-17-26(24)32-23-19-22-14-6-8-16-25(22)31(20-23)18-10-2-5-13-21-11-3-1-4-12-21/h6-9,14-17,19-21H,1-5,10-13,18H2/q+1. The largest absolute Gasteiger partial charge is 0.417 e. The number of rotatable bonds is 8. The first-order valence-corrected chi connectivity index (χ1v) is 12.6. The van der Waals surface area contributed by atoms with Gasteiger partial charge in [-0.15, -0.1) is 0 Å². The van der Waals surface area contributed by atoms with Crippen LogP contribution in [0.15, 0.2) is 70.6 Å². The van der Waals surface area contributed by atoms with Crippen LogP contribution in [0.3, 0.4) is 0 Å². The van der Waals surface area contributed by atoms with Crippen LogP contribution in [0.5, 0.6) is 0 Å². The van der Waals surface area contributed by atoms with Gasteiger partial charge >= 0.3 is 6.18 Å². The van der Waals surface area contributed by atoms with E-state index in [-0.39, 0.29) is 4.90 Å². The Labute approximate surface area is 193 Å². The van der Waals surface area contributed by atoms with E-state index in [0.717, 1.165) is 40.7 Å². The Morgan fingerprint density at radius 2 is 1.62 bits per heavy atom. The molecule has 1 nitrogen and oxygen atoms in total. The second-order valence-corrected chi connectivity index (χ2v) is 9.99. The number of para-hydroxylation sites is 1. The molecule has 1 heterocycles. The summed E-state index contributed by atoms with van der Waals surface area (Å²) in [6.45, 7) is 0.889. The minimum absolute atomic E-state index is 0.245. The first kappa shape index (κ1) is 23.2. The lowest BCUT2D eigenvalue weighted by atomic mass is 9.85. The molecule has 0 aliphatic heterocycles. The van der Waals surface area contributed by atoms with Crippen LogP contribution in [0, 0.1) is 5.92 Å². The van der Waals surface area contributed by atoms with Gasteiger partial charge in [0, 0.05) is 22.8 Å². The van der Waals surface area contributed by atoms with E-state index in [9.17, 15) is 13.2 Å². The van der Waals surface area contributed by atoms with E-state index in [4.69, 9.17) is 0 Å². The summed E-state index contributed by atoms with van der Waals surface area (Å²) in [5.74, 6) is 0.922. The number of halogens is 3. The smallest absolute Gasteiger partial charge is 0.197 e. The quantitative estimate of drug-likeness (QED) is 0.242. The summed E-state index contributed by atoms with van der Waals surface area (Å²) >= 11 is 1.19. The predicted octanol–water partition coefficient (Wildman–Crippen LogP) is 8.44. The highest BCUT2D eigenvalue weighted by atomic mass is 32.2. The van der Waals surface area contributed by atoms with Crippen molar-refractivity contribution in [3.63, 3.8) is 0 Å². The lowest BCUT2D eigenvalue weighted by Crippen LogP contribution is -2.34. The summed E-state index contributed by atoms with van der Waals surface area (Å²) in [5.41, 5.74) is 0.556. The van der Waals surface area contributed by atoms with E-state index < -0.39 is 11.7 Å². The molecular formula is C27H31F3NS+. The highest BCUT2D eigenvalue weighted by Crippen LogP contribution is 2.39. The molecule has 1 saturated carbocycles. The predicted molar refractivity (Wildman–Crippen MR) is 125 cm³/mol. The normalized spacial score (nSPS) is 15.3. The number of hydrogen-bond acceptors (Lipinski definition) is 1. The van der Waals surface area contributed by atoms with Crippen molar-refractivity contribution in [2.24, 2.45) is 5.92 Å². The number of aryl methyl sites for hydroxylation is 1. The number of nitrogens with zero attached hydrogens (tertiary/aromatic N) is 1. The average Bonchev–Trinajstić information content (AvgIpc) is 2.79. The van der Waals surface area contributed by atoms with E-state index in [0.29, 0.717) is 0 Å². The van der Waals surface area contributed by atoms with Crippen LogP contribution in [0.1, 0.15) is 63.4 Å². The fourth-order valence-electron chi connectivity index (χ4n) is 4.81. The van der Waals surface area contributed by atoms with E-state index >= 15 is 0 Å². The lowest BCUT2D eigenvalue weighted by Gasteiger charge is -2.21. The first-order chi connectivity index (χ1) is 15.5. The number of fused-ring (bicyclic) bond motifs is 1. The summed E-state index contributed by atoms with van der Waals surface area (Å²) in [4.78, 5) is 1.08. The highest BCUT2D eigenvalue weighted by molar-refractivity contribution is 7.99. The molecule has 1 aromatic heterocycles. The number of unbranched alkanes of at least 4 members (excludes halogenated alkanes) is 2. The third-order valence-electron chi connectivity index (χ3n) is 6.48. The Bertz CT molecular complexity index is 1020. The molecule has 4 rings (SSSR count). The summed E-state index contributed by atoms with van der Waals surface area (Å²) in [5, 5.41) is 1.06. The number of pyridine rings is 1. The molecule has 0 amide bonds. The maximum atomic E-state index is 13.4. The third-order valence-corrected chi connectivity index (χ3v) is 7.52. The van der Waals surface area contributed by atoms with Crippen LogP contribution in [0.2, 0.25) is 0 Å². The second kappa shape index (κ2) is 10.7. The minimum Gasteiger partial charge on any atom is -0.197 e. The molecular weight excluding hydrogens is 427 g/mol. The highest BCUT2D eigenvalue weighted by Gasteiger charge is 2.33. The number of alkyl halides is 3. The monoisotopic (exact) mass is 458 g/mol. The third kappa shape index (κ3) is 6.06. The van der Waals surface area contributed by atoms with Crippen molar-refractivity contribution < 1.29 is 17.7 Å². The van der Waals surface area contributed by atoms with Gasteiger partial charge in [-0.25, -0.2) is 0 Å². The van der Waals surface area contributed by atoms with E-state index in [1.807, 2.05) is 30.5 Å². The zero-order chi connectivity index (χ0) is 22.4. The van der Waals surface area contributed by atoms with Crippen molar-refractivity contribution in [1.29, 1.82) is 0 Å². The van der Waals surface area contributed by atoms with Gasteiger partial charge in [0.05, 0.1) is 10.5 Å². The number of benzene rings is 2. The topological polar surface area (TPSA) is 3.88 Å². The van der Waals surface area contributed by atoms with Gasteiger partial charge in [0.1, 0.15) is 6.54 Å². The summed E-state index contributed by atoms with van der Waals surface area (Å²) in [7, 11) is 0. The zero-order valence-corrected chi connectivity index (χ0v) is 19.2. The SMILES string of the molecule is FC(F)(F)c1ccccc1Sc1cc2ccccc2[n+](CCCCCC2CCCCC2)c1. The van der Waals surface area contributed by atoms with Gasteiger partial charge in [0.15, 0.2) is 6.20 Å². The minimum atomic E-state index is -4.35. The molecule has 1 aliphatic rings. The van der Waals surface area contributed by atoms with E-state index in [2.05, 4.69) is 10.6 Å². The van der Waals surface area contributed by atoms with Crippen molar-refractivity contribution in [3.8, 4) is 0 Å². The first-order valence-electron chi connectivity index (χ1n) is 11.8. The molecule has 0 atom stereocenters. The van der Waals surface area contributed by atoms with E-state index in [1.54, 1.807) is 12.1 Å². The Hall–Kier alpha value is -2.01. The Morgan fingerprint density at radius 3 is 2.44 bits per heavy atom. The van der Waals surface area contributed by atoms with Crippen molar-refractivity contribution in [1.82, 2.24) is 0 Å². The number of hydrogen-bond donors (Lipinski definition) is 0. The number of aromatic nitrogens is 1. The van der Waals surface area contributed by atoms with Gasteiger partial charge < -0.3 is 0 Å². The van der Waals surface area contributed by atoms with Crippen LogP contribution in [-0.2, 0) is 12.7 Å². The Balaban J connectivity index is 1.46. The average molecular weight is 459 g/mol. The molecule has 32 heavy (non-hydrogen) atoms. The summed E-state index contributed by atoms with van der Waals surface area (Å²) in [6, 6.07) is 15.9. The van der Waals surface area contributed by atoms with Crippen LogP contribution in [0.4, 0.5) is 13.2 Å². The van der Waals surface area contributed by atoms with Crippen molar-refractivity contribution in [2.75, 3.05) is 0 Å². The summed E-state index contributed by atoms with van der Waals surface area (Å²) in [6.07, 6.45) is 9.57. The van der Waals surface area contributed by atoms with Gasteiger partial charge in [0.2, 0.25) is 5.52 Å². The molecule has 1 fully saturated rings. The zero-order valence-electron chi connectivity index (χ0n) is 18.4. The maximum Gasteiger partial charge on any atom is 0.417 e. The Morgan fingerprint density at radius 1 is 0.875 bits per heavy atom. The molecule has 0 spiro atoms. The van der Waals surface area contributed by atoms with E-state index in [1.165, 1.54) is 69.2 Å². The molecule has 3 aromatic rings. The molecule has 0 saturated heterocycles. The molecule has 2 aromatic carbocycles. The van der Waals surface area contributed by atoms with Gasteiger partial charge in [-0.2, -0.15) is 17.7 Å². The molecule has 0 bridgehead atoms. The van der Waals surface area contributed by atoms with Gasteiger partial charge in [-0.3, -0.25) is 0 Å². The van der Waals surface area contributed by atoms with Crippen molar-refractivity contribution in [3.05, 3.63) is 66.4 Å². The van der Waals surface area contributed by atoms with Gasteiger partial charge in [-0.1, -0.05) is 81.0 Å². The van der Waals surface area contributed by atoms with Gasteiger partial charge in [-0.05, 0) is 36.6 Å². The van der Waals surface area contributed by atoms with Crippen LogP contribution < -0.4 is 4.57 Å². The fourth-order valence-corrected chi connectivity index (χ4v) is 5.87. The lowest BCUT2D eigenvalue weighted by molar-refractivity contribution is -0.673. The molecule has 0 unspecified atom stereocenters. The Kier molecular flexibility index (Phi) is 7.77. The second-order valence-electron chi connectivity index (χ2n) is 8.88. The van der Waals surface area contributed by atoms with Crippen LogP contribution in [0.25, 0.3) is 10.9 Å². The molecule has 1 aliphatic carbocycles. The molecule has 170 valence electrons. The maximum absolute atomic E-state index is 13.4. The van der Waals surface area contributed by atoms with Crippen molar-refractivity contribution in [2.45, 2.75) is 80.3 Å². The molecule has 0 radical (unpaired) electrons.